The first-order chi connectivity index (χ1) is 8.83. The number of likely N-dealkylation sites (N-methyl/N-ethyl adjacent to an activating group) is 1. The first kappa shape index (κ1) is 10.4. The van der Waals surface area contributed by atoms with Gasteiger partial charge in [0.25, 0.3) is 0 Å². The lowest BCUT2D eigenvalue weighted by molar-refractivity contribution is 0.352. The van der Waals surface area contributed by atoms with Crippen molar-refractivity contribution in [3.63, 3.8) is 0 Å². The summed E-state index contributed by atoms with van der Waals surface area (Å²) in [5, 5.41) is 1.42. The smallest absolute Gasteiger partial charge is 0.124 e. The number of rotatable bonds is 0. The van der Waals surface area contributed by atoms with Gasteiger partial charge in [0.1, 0.15) is 5.75 Å². The molecular formula is C15H18N2O. The summed E-state index contributed by atoms with van der Waals surface area (Å²) in [6.07, 6.45) is 3.34. The highest BCUT2D eigenvalue weighted by molar-refractivity contribution is 5.89. The van der Waals surface area contributed by atoms with Crippen molar-refractivity contribution in [1.82, 2.24) is 9.88 Å². The number of ether oxygens (including phenoxy) is 1. The van der Waals surface area contributed by atoms with E-state index in [0.29, 0.717) is 0 Å². The minimum absolute atomic E-state index is 0.834. The lowest BCUT2D eigenvalue weighted by atomic mass is 10.0. The Morgan fingerprint density at radius 1 is 1.11 bits per heavy atom. The van der Waals surface area contributed by atoms with Crippen LogP contribution < -0.4 is 4.74 Å². The molecule has 0 radical (unpaired) electrons. The summed E-state index contributed by atoms with van der Waals surface area (Å²) in [6.45, 7) is 3.15. The van der Waals surface area contributed by atoms with Crippen LogP contribution in [0.3, 0.4) is 0 Å². The molecule has 0 aliphatic carbocycles. The van der Waals surface area contributed by atoms with E-state index in [2.05, 4.69) is 29.1 Å². The van der Waals surface area contributed by atoms with Gasteiger partial charge in [0, 0.05) is 42.6 Å². The second kappa shape index (κ2) is 3.75. The summed E-state index contributed by atoms with van der Waals surface area (Å²) in [6, 6.07) is 4.38. The minimum atomic E-state index is 0.834. The Labute approximate surface area is 107 Å². The van der Waals surface area contributed by atoms with Crippen molar-refractivity contribution in [1.29, 1.82) is 0 Å². The molecule has 3 heteroatoms. The number of hydrogen-bond acceptors (Lipinski definition) is 2. The van der Waals surface area contributed by atoms with Crippen LogP contribution in [0.15, 0.2) is 12.1 Å². The van der Waals surface area contributed by atoms with Gasteiger partial charge in [0.05, 0.1) is 12.1 Å². The average Bonchev–Trinajstić information content (AvgIpc) is 2.93. The van der Waals surface area contributed by atoms with Gasteiger partial charge < -0.3 is 14.6 Å². The van der Waals surface area contributed by atoms with Crippen molar-refractivity contribution in [2.24, 2.45) is 0 Å². The van der Waals surface area contributed by atoms with E-state index in [4.69, 9.17) is 4.74 Å². The summed E-state index contributed by atoms with van der Waals surface area (Å²) >= 11 is 0. The number of nitrogens with one attached hydrogen (secondary N) is 1. The molecule has 18 heavy (non-hydrogen) atoms. The number of H-pyrrole nitrogens is 1. The molecule has 1 N–H and O–H groups in total. The fraction of sp³-hybridized carbons (Fsp3) is 0.467. The molecule has 0 spiro atoms. The molecule has 3 heterocycles. The molecule has 3 nitrogen and oxygen atoms in total. The summed E-state index contributed by atoms with van der Waals surface area (Å²) < 4.78 is 5.65. The van der Waals surface area contributed by atoms with E-state index in [9.17, 15) is 0 Å². The number of hydrogen-bond donors (Lipinski definition) is 1. The molecule has 94 valence electrons. The highest BCUT2D eigenvalue weighted by Crippen LogP contribution is 2.35. The van der Waals surface area contributed by atoms with Gasteiger partial charge >= 0.3 is 0 Å². The van der Waals surface area contributed by atoms with E-state index in [1.165, 1.54) is 27.7 Å². The van der Waals surface area contributed by atoms with Crippen molar-refractivity contribution in [2.45, 2.75) is 19.3 Å². The number of aromatic nitrogens is 1. The maximum absolute atomic E-state index is 5.65. The predicted octanol–water partition coefficient (Wildman–Crippen LogP) is 2.13. The highest BCUT2D eigenvalue weighted by atomic mass is 16.5. The van der Waals surface area contributed by atoms with E-state index < -0.39 is 0 Å². The molecule has 2 aromatic rings. The fourth-order valence-corrected chi connectivity index (χ4v) is 3.27. The first-order valence-corrected chi connectivity index (χ1v) is 6.79. The van der Waals surface area contributed by atoms with Gasteiger partial charge in [-0.05, 0) is 31.2 Å². The molecule has 0 fully saturated rings. The van der Waals surface area contributed by atoms with Crippen LogP contribution in [-0.2, 0) is 19.3 Å². The van der Waals surface area contributed by atoms with Crippen molar-refractivity contribution >= 4 is 10.9 Å². The van der Waals surface area contributed by atoms with Gasteiger partial charge in [-0.1, -0.05) is 0 Å². The van der Waals surface area contributed by atoms with Crippen molar-refractivity contribution in [3.8, 4) is 5.75 Å². The standard InChI is InChI=1S/C15H18N2O/c1-17-7-4-10-11-2-3-14-12(6-9-18-14)15(11)16-13(10)5-8-17/h2-3,16H,4-9H2,1H3. The third kappa shape index (κ3) is 1.40. The maximum atomic E-state index is 5.65. The quantitative estimate of drug-likeness (QED) is 0.766. The molecule has 1 aromatic heterocycles. The van der Waals surface area contributed by atoms with Gasteiger partial charge in [0.15, 0.2) is 0 Å². The van der Waals surface area contributed by atoms with E-state index in [-0.39, 0.29) is 0 Å². The number of aromatic amines is 1. The summed E-state index contributed by atoms with van der Waals surface area (Å²) in [4.78, 5) is 6.08. The molecule has 4 rings (SSSR count). The summed E-state index contributed by atoms with van der Waals surface area (Å²) in [5.74, 6) is 1.08. The molecule has 0 amide bonds. The van der Waals surface area contributed by atoms with E-state index in [1.807, 2.05) is 0 Å². The topological polar surface area (TPSA) is 28.3 Å². The zero-order chi connectivity index (χ0) is 12.1. The summed E-state index contributed by atoms with van der Waals surface area (Å²) in [5.41, 5.74) is 5.69. The van der Waals surface area contributed by atoms with Crippen LogP contribution in [0, 0.1) is 0 Å². The van der Waals surface area contributed by atoms with Crippen molar-refractivity contribution in [2.75, 3.05) is 26.7 Å². The van der Waals surface area contributed by atoms with Crippen molar-refractivity contribution < 1.29 is 4.74 Å². The Morgan fingerprint density at radius 2 is 2.00 bits per heavy atom. The van der Waals surface area contributed by atoms with Gasteiger partial charge in [-0.3, -0.25) is 0 Å². The van der Waals surface area contributed by atoms with Crippen molar-refractivity contribution in [3.05, 3.63) is 29.0 Å². The highest BCUT2D eigenvalue weighted by Gasteiger charge is 2.21. The zero-order valence-corrected chi connectivity index (χ0v) is 10.8. The van der Waals surface area contributed by atoms with E-state index >= 15 is 0 Å². The largest absolute Gasteiger partial charge is 0.493 e. The molecule has 0 unspecified atom stereocenters. The van der Waals surface area contributed by atoms with Crippen LogP contribution in [-0.4, -0.2) is 36.6 Å². The third-order valence-electron chi connectivity index (χ3n) is 4.33. The van der Waals surface area contributed by atoms with Crippen LogP contribution >= 0.6 is 0 Å². The predicted molar refractivity (Wildman–Crippen MR) is 72.4 cm³/mol. The zero-order valence-electron chi connectivity index (χ0n) is 10.8. The Bertz CT molecular complexity index is 614. The molecule has 0 atom stereocenters. The first-order valence-electron chi connectivity index (χ1n) is 6.79. The second-order valence-electron chi connectivity index (χ2n) is 5.45. The Morgan fingerprint density at radius 3 is 2.94 bits per heavy atom. The SMILES string of the molecule is CN1CCc2[nH]c3c4c(ccc3c2CC1)OCC4. The van der Waals surface area contributed by atoms with Gasteiger partial charge in [0.2, 0.25) is 0 Å². The third-order valence-corrected chi connectivity index (χ3v) is 4.33. The average molecular weight is 242 g/mol. The molecule has 2 aliphatic rings. The Kier molecular flexibility index (Phi) is 2.18. The molecule has 0 saturated heterocycles. The molecule has 0 bridgehead atoms. The second-order valence-corrected chi connectivity index (χ2v) is 5.45. The summed E-state index contributed by atoms with van der Waals surface area (Å²) in [7, 11) is 2.21. The van der Waals surface area contributed by atoms with Crippen LogP contribution in [0.2, 0.25) is 0 Å². The molecule has 1 aromatic carbocycles. The van der Waals surface area contributed by atoms with Gasteiger partial charge in [-0.2, -0.15) is 0 Å². The number of benzene rings is 1. The van der Waals surface area contributed by atoms with E-state index in [1.54, 1.807) is 0 Å². The van der Waals surface area contributed by atoms with Crippen LogP contribution in [0.5, 0.6) is 5.75 Å². The van der Waals surface area contributed by atoms with Crippen LogP contribution in [0.1, 0.15) is 16.8 Å². The van der Waals surface area contributed by atoms with Gasteiger partial charge in [-0.15, -0.1) is 0 Å². The Balaban J connectivity index is 1.92. The van der Waals surface area contributed by atoms with Gasteiger partial charge in [-0.25, -0.2) is 0 Å². The molecule has 0 saturated carbocycles. The van der Waals surface area contributed by atoms with E-state index in [0.717, 1.165) is 44.7 Å². The van der Waals surface area contributed by atoms with Crippen LogP contribution in [0.25, 0.3) is 10.9 Å². The maximum Gasteiger partial charge on any atom is 0.124 e. The minimum Gasteiger partial charge on any atom is -0.493 e. The lowest BCUT2D eigenvalue weighted by Gasteiger charge is -2.11. The Hall–Kier alpha value is -1.48. The van der Waals surface area contributed by atoms with Crippen LogP contribution in [0.4, 0.5) is 0 Å². The monoisotopic (exact) mass is 242 g/mol. The number of nitrogens with zero attached hydrogens (tertiary/aromatic N) is 1. The fourth-order valence-electron chi connectivity index (χ4n) is 3.27. The number of fused-ring (bicyclic) bond motifs is 5. The molecular weight excluding hydrogens is 224 g/mol. The normalized spacial score (nSPS) is 19.4. The lowest BCUT2D eigenvalue weighted by Crippen LogP contribution is -2.21. The molecule has 2 aliphatic heterocycles.